The van der Waals surface area contributed by atoms with Crippen molar-refractivity contribution < 1.29 is 34.4 Å². The van der Waals surface area contributed by atoms with Gasteiger partial charge in [-0.3, -0.25) is 0 Å². The molecule has 1 atom stereocenters. The fourth-order valence-electron chi connectivity index (χ4n) is 2.99. The Morgan fingerprint density at radius 3 is 2.06 bits per heavy atom. The topological polar surface area (TPSA) is 125 Å². The Bertz CT molecular complexity index is 1010. The summed E-state index contributed by atoms with van der Waals surface area (Å²) in [5, 5.41) is 28.5. The summed E-state index contributed by atoms with van der Waals surface area (Å²) in [6, 6.07) is 25.8. The molecule has 3 rings (SSSR count). The predicted octanol–water partition coefficient (Wildman–Crippen LogP) is 3.30. The van der Waals surface area contributed by atoms with Gasteiger partial charge in [0, 0.05) is 6.54 Å². The lowest BCUT2D eigenvalue weighted by atomic mass is 10.1. The van der Waals surface area contributed by atoms with Crippen molar-refractivity contribution in [3.05, 3.63) is 95.6 Å². The van der Waals surface area contributed by atoms with Gasteiger partial charge in [-0.15, -0.1) is 0 Å². The molecular weight excluding hydrogens is 438 g/mol. The van der Waals surface area contributed by atoms with E-state index in [1.54, 1.807) is 7.11 Å². The average molecular weight is 468 g/mol. The van der Waals surface area contributed by atoms with E-state index in [0.717, 1.165) is 30.6 Å². The summed E-state index contributed by atoms with van der Waals surface area (Å²) in [5.41, 5.74) is 3.29. The SMILES string of the molecule is COc1cc(CNCCc2ccccc2)ccc1OCC(O)c1ccccc1.O=C(O)C(=O)O. The van der Waals surface area contributed by atoms with Crippen LogP contribution in [0.2, 0.25) is 0 Å². The molecule has 0 saturated heterocycles. The van der Waals surface area contributed by atoms with Crippen LogP contribution in [0.3, 0.4) is 0 Å². The third-order valence-electron chi connectivity index (χ3n) is 4.75. The molecule has 180 valence electrons. The van der Waals surface area contributed by atoms with Gasteiger partial charge in [0.25, 0.3) is 0 Å². The molecule has 0 aliphatic carbocycles. The number of carboxylic acids is 2. The molecule has 0 radical (unpaired) electrons. The normalized spacial score (nSPS) is 11.0. The number of rotatable bonds is 10. The number of hydrogen-bond donors (Lipinski definition) is 4. The molecule has 8 heteroatoms. The van der Waals surface area contributed by atoms with Crippen molar-refractivity contribution in [1.82, 2.24) is 5.32 Å². The van der Waals surface area contributed by atoms with E-state index < -0.39 is 18.0 Å². The van der Waals surface area contributed by atoms with Crippen LogP contribution in [0.5, 0.6) is 11.5 Å². The second-order valence-electron chi connectivity index (χ2n) is 7.25. The summed E-state index contributed by atoms with van der Waals surface area (Å²) in [5.74, 6) is -2.35. The van der Waals surface area contributed by atoms with Crippen molar-refractivity contribution in [3.63, 3.8) is 0 Å². The smallest absolute Gasteiger partial charge is 0.414 e. The highest BCUT2D eigenvalue weighted by Crippen LogP contribution is 2.29. The van der Waals surface area contributed by atoms with Crippen LogP contribution in [0.4, 0.5) is 0 Å². The van der Waals surface area contributed by atoms with Gasteiger partial charge in [0.2, 0.25) is 0 Å². The molecule has 0 saturated carbocycles. The van der Waals surface area contributed by atoms with Crippen LogP contribution in [0.15, 0.2) is 78.9 Å². The fourth-order valence-corrected chi connectivity index (χ4v) is 2.99. The maximum absolute atomic E-state index is 10.3. The molecule has 34 heavy (non-hydrogen) atoms. The third kappa shape index (κ3) is 9.32. The van der Waals surface area contributed by atoms with Gasteiger partial charge in [-0.1, -0.05) is 66.7 Å². The van der Waals surface area contributed by atoms with E-state index in [1.807, 2.05) is 54.6 Å². The molecule has 1 unspecified atom stereocenters. The van der Waals surface area contributed by atoms with Crippen molar-refractivity contribution in [3.8, 4) is 11.5 Å². The van der Waals surface area contributed by atoms with Gasteiger partial charge >= 0.3 is 11.9 Å². The Kier molecular flexibility index (Phi) is 11.1. The van der Waals surface area contributed by atoms with E-state index in [9.17, 15) is 5.11 Å². The number of carboxylic acid groups (broad SMARTS) is 2. The van der Waals surface area contributed by atoms with Gasteiger partial charge in [0.1, 0.15) is 12.7 Å². The Balaban J connectivity index is 0.000000604. The molecule has 3 aromatic rings. The minimum atomic E-state index is -1.82. The lowest BCUT2D eigenvalue weighted by molar-refractivity contribution is -0.159. The molecule has 0 amide bonds. The van der Waals surface area contributed by atoms with Crippen molar-refractivity contribution in [2.45, 2.75) is 19.1 Å². The molecule has 4 N–H and O–H groups in total. The molecular formula is C26H29NO7. The second-order valence-corrected chi connectivity index (χ2v) is 7.25. The number of benzene rings is 3. The van der Waals surface area contributed by atoms with Crippen LogP contribution in [-0.2, 0) is 22.6 Å². The average Bonchev–Trinajstić information content (AvgIpc) is 2.87. The Morgan fingerprint density at radius 2 is 1.47 bits per heavy atom. The first kappa shape index (κ1) is 26.4. The van der Waals surface area contributed by atoms with E-state index in [4.69, 9.17) is 29.3 Å². The number of aliphatic hydroxyl groups excluding tert-OH is 1. The van der Waals surface area contributed by atoms with Crippen LogP contribution < -0.4 is 14.8 Å². The van der Waals surface area contributed by atoms with Crippen LogP contribution in [-0.4, -0.2) is 47.5 Å². The van der Waals surface area contributed by atoms with E-state index in [1.165, 1.54) is 5.56 Å². The zero-order valence-corrected chi connectivity index (χ0v) is 18.9. The first-order chi connectivity index (χ1) is 16.4. The van der Waals surface area contributed by atoms with Gasteiger partial charge in [0.05, 0.1) is 7.11 Å². The molecule has 0 bridgehead atoms. The molecule has 0 fully saturated rings. The van der Waals surface area contributed by atoms with E-state index in [-0.39, 0.29) is 6.61 Å². The zero-order chi connectivity index (χ0) is 24.8. The summed E-state index contributed by atoms with van der Waals surface area (Å²) in [4.78, 5) is 18.2. The fraction of sp³-hybridized carbons (Fsp3) is 0.231. The van der Waals surface area contributed by atoms with Crippen LogP contribution in [0, 0.1) is 0 Å². The molecule has 0 aromatic heterocycles. The van der Waals surface area contributed by atoms with Crippen molar-refractivity contribution >= 4 is 11.9 Å². The molecule has 3 aromatic carbocycles. The second kappa shape index (κ2) is 14.3. The standard InChI is InChI=1S/C24H27NO3.C2H2O4/c1-27-24-16-20(17-25-15-14-19-8-4-2-5-9-19)12-13-23(24)28-18-22(26)21-10-6-3-7-11-21;3-1(4)2(5)6/h2-13,16,22,25-26H,14-15,17-18H2,1H3;(H,3,4)(H,5,6). The minimum absolute atomic E-state index is 0.176. The predicted molar refractivity (Wildman–Crippen MR) is 127 cm³/mol. The molecule has 0 aliphatic rings. The maximum atomic E-state index is 10.3. The van der Waals surface area contributed by atoms with Gasteiger partial charge in [-0.2, -0.15) is 0 Å². The molecule has 8 nitrogen and oxygen atoms in total. The summed E-state index contributed by atoms with van der Waals surface area (Å²) in [7, 11) is 1.63. The Hall–Kier alpha value is -3.88. The monoisotopic (exact) mass is 467 g/mol. The largest absolute Gasteiger partial charge is 0.493 e. The van der Waals surface area contributed by atoms with Crippen molar-refractivity contribution in [2.24, 2.45) is 0 Å². The Morgan fingerprint density at radius 1 is 0.853 bits per heavy atom. The van der Waals surface area contributed by atoms with Crippen LogP contribution in [0.25, 0.3) is 0 Å². The number of methoxy groups -OCH3 is 1. The van der Waals surface area contributed by atoms with E-state index in [2.05, 4.69) is 29.6 Å². The Labute approximate surface area is 198 Å². The van der Waals surface area contributed by atoms with Crippen LogP contribution >= 0.6 is 0 Å². The zero-order valence-electron chi connectivity index (χ0n) is 18.9. The summed E-state index contributed by atoms with van der Waals surface area (Å²) in [6.07, 6.45) is 0.321. The highest BCUT2D eigenvalue weighted by molar-refractivity contribution is 6.27. The van der Waals surface area contributed by atoms with Crippen molar-refractivity contribution in [2.75, 3.05) is 20.3 Å². The van der Waals surface area contributed by atoms with Crippen LogP contribution in [0.1, 0.15) is 22.8 Å². The lowest BCUT2D eigenvalue weighted by Gasteiger charge is -2.15. The highest BCUT2D eigenvalue weighted by atomic mass is 16.5. The quantitative estimate of drug-likeness (QED) is 0.264. The number of nitrogens with one attached hydrogen (secondary N) is 1. The molecule has 0 heterocycles. The number of carbonyl (C=O) groups is 2. The summed E-state index contributed by atoms with van der Waals surface area (Å²) >= 11 is 0. The lowest BCUT2D eigenvalue weighted by Crippen LogP contribution is -2.16. The van der Waals surface area contributed by atoms with Crippen molar-refractivity contribution in [1.29, 1.82) is 0 Å². The summed E-state index contributed by atoms with van der Waals surface area (Å²) in [6.45, 7) is 1.85. The number of ether oxygens (including phenoxy) is 2. The first-order valence-corrected chi connectivity index (χ1v) is 10.6. The molecule has 0 spiro atoms. The molecule has 0 aliphatic heterocycles. The number of aliphatic carboxylic acids is 2. The van der Waals surface area contributed by atoms with Gasteiger partial charge in [0.15, 0.2) is 11.5 Å². The number of aliphatic hydroxyl groups is 1. The minimum Gasteiger partial charge on any atom is -0.493 e. The van der Waals surface area contributed by atoms with E-state index >= 15 is 0 Å². The van der Waals surface area contributed by atoms with Gasteiger partial charge in [-0.25, -0.2) is 9.59 Å². The third-order valence-corrected chi connectivity index (χ3v) is 4.75. The summed E-state index contributed by atoms with van der Waals surface area (Å²) < 4.78 is 11.3. The number of hydrogen-bond acceptors (Lipinski definition) is 6. The first-order valence-electron chi connectivity index (χ1n) is 10.6. The van der Waals surface area contributed by atoms with Gasteiger partial charge in [-0.05, 0) is 41.8 Å². The highest BCUT2D eigenvalue weighted by Gasteiger charge is 2.11. The van der Waals surface area contributed by atoms with Gasteiger partial charge < -0.3 is 30.1 Å². The van der Waals surface area contributed by atoms with E-state index in [0.29, 0.717) is 11.5 Å². The maximum Gasteiger partial charge on any atom is 0.414 e.